The van der Waals surface area contributed by atoms with Gasteiger partial charge in [-0.1, -0.05) is 66.7 Å². The molecule has 5 heteroatoms. The summed E-state index contributed by atoms with van der Waals surface area (Å²) < 4.78 is 16.0. The van der Waals surface area contributed by atoms with Crippen LogP contribution in [0.4, 0.5) is 0 Å². The normalized spacial score (nSPS) is 13.2. The number of aryl methyl sites for hydroxylation is 1. The lowest BCUT2D eigenvalue weighted by Crippen LogP contribution is -2.29. The first-order chi connectivity index (χ1) is 18.2. The van der Waals surface area contributed by atoms with Crippen molar-refractivity contribution in [3.05, 3.63) is 151 Å². The van der Waals surface area contributed by atoms with Crippen molar-refractivity contribution >= 4 is 0 Å². The van der Waals surface area contributed by atoms with Gasteiger partial charge in [-0.25, -0.2) is 4.57 Å². The summed E-state index contributed by atoms with van der Waals surface area (Å²) >= 11 is 0. The number of hydrogen-bond donors (Lipinski definition) is 0. The second kappa shape index (κ2) is 8.35. The molecule has 0 aliphatic heterocycles. The van der Waals surface area contributed by atoms with Crippen LogP contribution in [0.15, 0.2) is 133 Å². The average Bonchev–Trinajstić information content (AvgIpc) is 3.66. The number of aromatic nitrogens is 3. The Bertz CT molecular complexity index is 1690. The quantitative estimate of drug-likeness (QED) is 0.265. The predicted molar refractivity (Wildman–Crippen MR) is 141 cm³/mol. The molecule has 0 spiro atoms. The Labute approximate surface area is 214 Å². The number of furan rings is 1. The topological polar surface area (TPSA) is 44.1 Å². The van der Waals surface area contributed by atoms with E-state index >= 15 is 0 Å². The van der Waals surface area contributed by atoms with Gasteiger partial charge in [-0.15, -0.1) is 0 Å². The Morgan fingerprint density at radius 2 is 1.59 bits per heavy atom. The van der Waals surface area contributed by atoms with Crippen LogP contribution >= 0.6 is 0 Å². The zero-order valence-corrected chi connectivity index (χ0v) is 20.3. The maximum absolute atomic E-state index is 6.24. The standard InChI is InChI=1S/C32H24N3O2/c1-34-17-18-35(22-34)24-20-31(36-21-24)37-25-10-8-9-23(19-25)32(30-15-6-7-16-33-30)28-13-4-2-11-26(28)27-12-3-5-14-29(27)32/h2-22H,1H3/q+1. The monoisotopic (exact) mass is 482 g/mol. The molecule has 5 nitrogen and oxygen atoms in total. The summed E-state index contributed by atoms with van der Waals surface area (Å²) in [7, 11) is 1.98. The van der Waals surface area contributed by atoms with Gasteiger partial charge in [-0.3, -0.25) is 4.98 Å². The fourth-order valence-corrected chi connectivity index (χ4v) is 5.56. The van der Waals surface area contributed by atoms with E-state index in [0.29, 0.717) is 11.7 Å². The van der Waals surface area contributed by atoms with Crippen molar-refractivity contribution in [2.75, 3.05) is 0 Å². The first-order valence-corrected chi connectivity index (χ1v) is 12.2. The van der Waals surface area contributed by atoms with Crippen LogP contribution in [-0.4, -0.2) is 9.55 Å². The lowest BCUT2D eigenvalue weighted by atomic mass is 9.70. The summed E-state index contributed by atoms with van der Waals surface area (Å²) in [5.74, 6) is 1.14. The van der Waals surface area contributed by atoms with E-state index in [1.165, 1.54) is 22.3 Å². The Morgan fingerprint density at radius 3 is 2.30 bits per heavy atom. The number of fused-ring (bicyclic) bond motifs is 3. The van der Waals surface area contributed by atoms with Crippen LogP contribution in [0, 0.1) is 0 Å². The highest BCUT2D eigenvalue weighted by atomic mass is 16.6. The van der Waals surface area contributed by atoms with Gasteiger partial charge < -0.3 is 9.15 Å². The minimum atomic E-state index is -0.567. The summed E-state index contributed by atoms with van der Waals surface area (Å²) in [6.07, 6.45) is 9.48. The highest BCUT2D eigenvalue weighted by Crippen LogP contribution is 2.55. The molecule has 6 aromatic rings. The van der Waals surface area contributed by atoms with Gasteiger partial charge in [0.15, 0.2) is 5.69 Å². The highest BCUT2D eigenvalue weighted by molar-refractivity contribution is 5.85. The lowest BCUT2D eigenvalue weighted by Gasteiger charge is -2.32. The van der Waals surface area contributed by atoms with E-state index in [4.69, 9.17) is 14.1 Å². The summed E-state index contributed by atoms with van der Waals surface area (Å²) in [6, 6.07) is 33.5. The molecule has 3 aromatic carbocycles. The van der Waals surface area contributed by atoms with E-state index in [0.717, 1.165) is 16.9 Å². The first-order valence-electron chi connectivity index (χ1n) is 12.2. The molecule has 178 valence electrons. The van der Waals surface area contributed by atoms with Crippen molar-refractivity contribution in [1.29, 1.82) is 0 Å². The molecular weight excluding hydrogens is 458 g/mol. The molecule has 3 aromatic heterocycles. The van der Waals surface area contributed by atoms with Crippen LogP contribution in [0.2, 0.25) is 0 Å². The summed E-state index contributed by atoms with van der Waals surface area (Å²) in [4.78, 5) is 4.90. The molecule has 0 saturated carbocycles. The van der Waals surface area contributed by atoms with E-state index in [2.05, 4.69) is 72.8 Å². The third-order valence-corrected chi connectivity index (χ3v) is 7.12. The number of hydrogen-bond acceptors (Lipinski definition) is 3. The molecule has 7 rings (SSSR count). The molecule has 0 bridgehead atoms. The first kappa shape index (κ1) is 21.4. The smallest absolute Gasteiger partial charge is 0.294 e. The summed E-state index contributed by atoms with van der Waals surface area (Å²) in [6.45, 7) is 0. The molecule has 3 heterocycles. The van der Waals surface area contributed by atoms with Crippen molar-refractivity contribution < 1.29 is 13.7 Å². The Morgan fingerprint density at radius 1 is 0.838 bits per heavy atom. The molecule has 0 radical (unpaired) electrons. The number of ether oxygens (including phenoxy) is 1. The van der Waals surface area contributed by atoms with Crippen molar-refractivity contribution in [3.8, 4) is 28.5 Å². The zero-order valence-electron chi connectivity index (χ0n) is 20.3. The molecule has 1 aliphatic rings. The number of nitrogens with zero attached hydrogens (tertiary/aromatic N) is 3. The summed E-state index contributed by atoms with van der Waals surface area (Å²) in [5.41, 5.74) is 7.28. The number of benzene rings is 3. The van der Waals surface area contributed by atoms with Crippen LogP contribution in [0.25, 0.3) is 16.8 Å². The molecule has 0 fully saturated rings. The minimum absolute atomic E-state index is 0.433. The van der Waals surface area contributed by atoms with Crippen LogP contribution < -0.4 is 9.30 Å². The van der Waals surface area contributed by atoms with Crippen molar-refractivity contribution in [1.82, 2.24) is 9.55 Å². The van der Waals surface area contributed by atoms with Gasteiger partial charge in [0.25, 0.3) is 5.95 Å². The van der Waals surface area contributed by atoms with Crippen LogP contribution in [0.3, 0.4) is 0 Å². The Kier molecular flexibility index (Phi) is 4.83. The minimum Gasteiger partial charge on any atom is -0.429 e. The number of imidazole rings is 1. The fraction of sp³-hybridized carbons (Fsp3) is 0.0625. The summed E-state index contributed by atoms with van der Waals surface area (Å²) in [5, 5.41) is 0. The highest BCUT2D eigenvalue weighted by Gasteiger charge is 2.47. The van der Waals surface area contributed by atoms with Gasteiger partial charge in [0.1, 0.15) is 24.4 Å². The van der Waals surface area contributed by atoms with Gasteiger partial charge in [0, 0.05) is 6.20 Å². The lowest BCUT2D eigenvalue weighted by molar-refractivity contribution is -0.670. The van der Waals surface area contributed by atoms with Gasteiger partial charge in [0.05, 0.1) is 24.2 Å². The molecule has 0 amide bonds. The SMILES string of the molecule is C[n+]1ccn(-c2coc(Oc3cccc(C4(c5ccccn5)c5ccccc5-c5ccccc54)c3)c2)c1. The third-order valence-electron chi connectivity index (χ3n) is 7.12. The van der Waals surface area contributed by atoms with E-state index in [1.54, 1.807) is 6.26 Å². The van der Waals surface area contributed by atoms with Crippen LogP contribution in [-0.2, 0) is 12.5 Å². The van der Waals surface area contributed by atoms with E-state index < -0.39 is 5.41 Å². The van der Waals surface area contributed by atoms with E-state index in [9.17, 15) is 0 Å². The number of rotatable bonds is 5. The predicted octanol–water partition coefficient (Wildman–Crippen LogP) is 6.45. The average molecular weight is 483 g/mol. The number of pyridine rings is 1. The van der Waals surface area contributed by atoms with E-state index in [-0.39, 0.29) is 0 Å². The molecule has 0 saturated heterocycles. The molecule has 37 heavy (non-hydrogen) atoms. The maximum atomic E-state index is 6.24. The fourth-order valence-electron chi connectivity index (χ4n) is 5.56. The van der Waals surface area contributed by atoms with Crippen LogP contribution in [0.5, 0.6) is 11.7 Å². The van der Waals surface area contributed by atoms with Gasteiger partial charge >= 0.3 is 0 Å². The van der Waals surface area contributed by atoms with E-state index in [1.807, 2.05) is 65.4 Å². The molecule has 0 N–H and O–H groups in total. The second-order valence-corrected chi connectivity index (χ2v) is 9.30. The Balaban J connectivity index is 1.37. The molecular formula is C32H24N3O2+. The molecule has 0 atom stereocenters. The van der Waals surface area contributed by atoms with Crippen molar-refractivity contribution in [2.45, 2.75) is 5.41 Å². The van der Waals surface area contributed by atoms with Crippen molar-refractivity contribution in [2.24, 2.45) is 7.05 Å². The van der Waals surface area contributed by atoms with Crippen molar-refractivity contribution in [3.63, 3.8) is 0 Å². The Hall–Kier alpha value is -4.90. The largest absolute Gasteiger partial charge is 0.429 e. The van der Waals surface area contributed by atoms with Gasteiger partial charge in [-0.2, -0.15) is 4.57 Å². The zero-order chi connectivity index (χ0) is 24.8. The van der Waals surface area contributed by atoms with Gasteiger partial charge in [-0.05, 0) is 52.1 Å². The van der Waals surface area contributed by atoms with Gasteiger partial charge in [0.2, 0.25) is 6.33 Å². The second-order valence-electron chi connectivity index (χ2n) is 9.30. The third kappa shape index (κ3) is 3.32. The maximum Gasteiger partial charge on any atom is 0.294 e. The molecule has 0 unspecified atom stereocenters. The molecule has 1 aliphatic carbocycles. The van der Waals surface area contributed by atoms with Crippen LogP contribution in [0.1, 0.15) is 22.4 Å².